The zero-order chi connectivity index (χ0) is 18.4. The molecule has 1 aromatic heterocycles. The first kappa shape index (κ1) is 19.1. The third-order valence-electron chi connectivity index (χ3n) is 3.88. The summed E-state index contributed by atoms with van der Waals surface area (Å²) in [5, 5.41) is 2.88. The van der Waals surface area contributed by atoms with E-state index in [1.807, 2.05) is 38.1 Å². The molecule has 0 unspecified atom stereocenters. The number of pyridine rings is 1. The number of aryl methyl sites for hydroxylation is 2. The molecule has 1 N–H and O–H groups in total. The number of carbonyl (C=O) groups is 1. The highest BCUT2D eigenvalue weighted by Crippen LogP contribution is 2.19. The number of rotatable bonds is 7. The number of sulfonamides is 1. The van der Waals surface area contributed by atoms with E-state index in [-0.39, 0.29) is 25.4 Å². The average Bonchev–Trinajstić information content (AvgIpc) is 2.55. The van der Waals surface area contributed by atoms with E-state index in [2.05, 4.69) is 10.3 Å². The van der Waals surface area contributed by atoms with Gasteiger partial charge < -0.3 is 5.32 Å². The molecule has 0 saturated heterocycles. The smallest absolute Gasteiger partial charge is 0.225 e. The molecule has 0 aliphatic rings. The summed E-state index contributed by atoms with van der Waals surface area (Å²) in [7, 11) is -3.42. The SMILES string of the molecule is Cc1cccc(C)c1NC(=O)CCN(Cc1cccnc1)S(C)(=O)=O. The topological polar surface area (TPSA) is 79.4 Å². The highest BCUT2D eigenvalue weighted by Gasteiger charge is 2.19. The Balaban J connectivity index is 2.02. The number of para-hydroxylation sites is 1. The number of nitrogens with zero attached hydrogens (tertiary/aromatic N) is 2. The summed E-state index contributed by atoms with van der Waals surface area (Å²) in [5.41, 5.74) is 3.51. The fraction of sp³-hybridized carbons (Fsp3) is 0.333. The van der Waals surface area contributed by atoms with Crippen molar-refractivity contribution in [1.29, 1.82) is 0 Å². The van der Waals surface area contributed by atoms with Crippen LogP contribution in [0.4, 0.5) is 5.69 Å². The van der Waals surface area contributed by atoms with E-state index in [0.29, 0.717) is 0 Å². The van der Waals surface area contributed by atoms with E-state index in [1.165, 1.54) is 4.31 Å². The minimum atomic E-state index is -3.42. The second-order valence-electron chi connectivity index (χ2n) is 6.02. The van der Waals surface area contributed by atoms with Crippen LogP contribution in [0, 0.1) is 13.8 Å². The van der Waals surface area contributed by atoms with Crippen LogP contribution in [0.2, 0.25) is 0 Å². The maximum Gasteiger partial charge on any atom is 0.225 e. The Morgan fingerprint density at radius 3 is 2.40 bits per heavy atom. The largest absolute Gasteiger partial charge is 0.326 e. The molecule has 0 atom stereocenters. The van der Waals surface area contributed by atoms with Crippen LogP contribution in [0.5, 0.6) is 0 Å². The van der Waals surface area contributed by atoms with Crippen LogP contribution in [0.25, 0.3) is 0 Å². The van der Waals surface area contributed by atoms with E-state index < -0.39 is 10.0 Å². The quantitative estimate of drug-likeness (QED) is 0.822. The standard InChI is InChI=1S/C18H23N3O3S/c1-14-6-4-7-15(2)18(14)20-17(22)9-11-21(25(3,23)24)13-16-8-5-10-19-12-16/h4-8,10,12H,9,11,13H2,1-3H3,(H,20,22). The minimum Gasteiger partial charge on any atom is -0.326 e. The fourth-order valence-corrected chi connectivity index (χ4v) is 3.30. The van der Waals surface area contributed by atoms with E-state index in [0.717, 1.165) is 28.6 Å². The second kappa shape index (κ2) is 8.22. The number of anilines is 1. The van der Waals surface area contributed by atoms with Crippen LogP contribution in [-0.4, -0.2) is 36.4 Å². The Morgan fingerprint density at radius 2 is 1.84 bits per heavy atom. The first-order valence-electron chi connectivity index (χ1n) is 7.97. The van der Waals surface area contributed by atoms with Crippen molar-refractivity contribution in [2.75, 3.05) is 18.1 Å². The molecule has 0 radical (unpaired) electrons. The van der Waals surface area contributed by atoms with E-state index >= 15 is 0 Å². The van der Waals surface area contributed by atoms with Gasteiger partial charge in [-0.3, -0.25) is 9.78 Å². The Hall–Kier alpha value is -2.25. The summed E-state index contributed by atoms with van der Waals surface area (Å²) < 4.78 is 25.3. The lowest BCUT2D eigenvalue weighted by atomic mass is 10.1. The number of carbonyl (C=O) groups excluding carboxylic acids is 1. The van der Waals surface area contributed by atoms with E-state index in [9.17, 15) is 13.2 Å². The Bertz CT molecular complexity index is 816. The molecule has 134 valence electrons. The highest BCUT2D eigenvalue weighted by molar-refractivity contribution is 7.88. The van der Waals surface area contributed by atoms with Crippen LogP contribution in [0.1, 0.15) is 23.1 Å². The number of benzene rings is 1. The molecule has 0 aliphatic carbocycles. The predicted molar refractivity (Wildman–Crippen MR) is 98.7 cm³/mol. The predicted octanol–water partition coefficient (Wildman–Crippen LogP) is 2.49. The molecular weight excluding hydrogens is 338 g/mol. The van der Waals surface area contributed by atoms with Gasteiger partial charge in [-0.15, -0.1) is 0 Å². The molecule has 1 aromatic carbocycles. The van der Waals surface area contributed by atoms with Crippen molar-refractivity contribution in [2.24, 2.45) is 0 Å². The van der Waals surface area contributed by atoms with E-state index in [4.69, 9.17) is 0 Å². The summed E-state index contributed by atoms with van der Waals surface area (Å²) in [6.45, 7) is 4.16. The molecule has 0 spiro atoms. The normalized spacial score (nSPS) is 11.5. The fourth-order valence-electron chi connectivity index (χ4n) is 2.50. The van der Waals surface area contributed by atoms with Gasteiger partial charge >= 0.3 is 0 Å². The summed E-state index contributed by atoms with van der Waals surface area (Å²) >= 11 is 0. The van der Waals surface area contributed by atoms with Crippen molar-refractivity contribution in [1.82, 2.24) is 9.29 Å². The molecule has 0 aliphatic heterocycles. The molecule has 25 heavy (non-hydrogen) atoms. The summed E-state index contributed by atoms with van der Waals surface area (Å²) in [5.74, 6) is -0.211. The highest BCUT2D eigenvalue weighted by atomic mass is 32.2. The number of amides is 1. The van der Waals surface area contributed by atoms with Crippen molar-refractivity contribution in [3.05, 3.63) is 59.4 Å². The molecule has 7 heteroatoms. The molecule has 6 nitrogen and oxygen atoms in total. The van der Waals surface area contributed by atoms with Gasteiger partial charge in [-0.2, -0.15) is 4.31 Å². The van der Waals surface area contributed by atoms with Crippen molar-refractivity contribution >= 4 is 21.6 Å². The van der Waals surface area contributed by atoms with Crippen LogP contribution >= 0.6 is 0 Å². The van der Waals surface area contributed by atoms with Gasteiger partial charge in [-0.25, -0.2) is 8.42 Å². The minimum absolute atomic E-state index is 0.0844. The third kappa shape index (κ3) is 5.65. The summed E-state index contributed by atoms with van der Waals surface area (Å²) in [6.07, 6.45) is 4.48. The van der Waals surface area contributed by atoms with Crippen LogP contribution in [-0.2, 0) is 21.4 Å². The third-order valence-corrected chi connectivity index (χ3v) is 5.13. The Morgan fingerprint density at radius 1 is 1.16 bits per heavy atom. The van der Waals surface area contributed by atoms with Gasteiger partial charge in [0, 0.05) is 37.6 Å². The van der Waals surface area contributed by atoms with Gasteiger partial charge in [0.2, 0.25) is 15.9 Å². The van der Waals surface area contributed by atoms with Gasteiger partial charge in [-0.05, 0) is 36.6 Å². The zero-order valence-corrected chi connectivity index (χ0v) is 15.5. The molecule has 0 saturated carbocycles. The van der Waals surface area contributed by atoms with Crippen LogP contribution in [0.15, 0.2) is 42.7 Å². The van der Waals surface area contributed by atoms with Crippen molar-refractivity contribution in [3.8, 4) is 0 Å². The lowest BCUT2D eigenvalue weighted by Gasteiger charge is -2.20. The Kier molecular flexibility index (Phi) is 6.27. The average molecular weight is 361 g/mol. The van der Waals surface area contributed by atoms with Crippen LogP contribution < -0.4 is 5.32 Å². The molecule has 0 fully saturated rings. The van der Waals surface area contributed by atoms with Crippen molar-refractivity contribution in [2.45, 2.75) is 26.8 Å². The lowest BCUT2D eigenvalue weighted by molar-refractivity contribution is -0.116. The summed E-state index contributed by atoms with van der Waals surface area (Å²) in [6, 6.07) is 9.34. The van der Waals surface area contributed by atoms with Gasteiger partial charge in [0.05, 0.1) is 6.26 Å². The van der Waals surface area contributed by atoms with Gasteiger partial charge in [0.1, 0.15) is 0 Å². The van der Waals surface area contributed by atoms with Gasteiger partial charge in [0.25, 0.3) is 0 Å². The van der Waals surface area contributed by atoms with Gasteiger partial charge in [0.15, 0.2) is 0 Å². The van der Waals surface area contributed by atoms with Crippen molar-refractivity contribution in [3.63, 3.8) is 0 Å². The maximum atomic E-state index is 12.3. The maximum absolute atomic E-state index is 12.3. The number of aromatic nitrogens is 1. The molecule has 2 aromatic rings. The number of hydrogen-bond acceptors (Lipinski definition) is 4. The van der Waals surface area contributed by atoms with E-state index in [1.54, 1.807) is 18.5 Å². The molecule has 2 rings (SSSR count). The van der Waals surface area contributed by atoms with Gasteiger partial charge in [-0.1, -0.05) is 24.3 Å². The molecule has 0 bridgehead atoms. The second-order valence-corrected chi connectivity index (χ2v) is 8.01. The molecular formula is C18H23N3O3S. The summed E-state index contributed by atoms with van der Waals surface area (Å²) in [4.78, 5) is 16.2. The zero-order valence-electron chi connectivity index (χ0n) is 14.7. The number of nitrogens with one attached hydrogen (secondary N) is 1. The van der Waals surface area contributed by atoms with Crippen molar-refractivity contribution < 1.29 is 13.2 Å². The first-order chi connectivity index (χ1) is 11.8. The molecule has 1 amide bonds. The first-order valence-corrected chi connectivity index (χ1v) is 9.82. The lowest BCUT2D eigenvalue weighted by Crippen LogP contribution is -2.32. The Labute approximate surface area is 148 Å². The van der Waals surface area contributed by atoms with Crippen LogP contribution in [0.3, 0.4) is 0 Å². The molecule has 1 heterocycles. The number of hydrogen-bond donors (Lipinski definition) is 1. The monoisotopic (exact) mass is 361 g/mol.